The van der Waals surface area contributed by atoms with Crippen LogP contribution in [0.2, 0.25) is 0 Å². The molecule has 0 aliphatic heterocycles. The minimum Gasteiger partial charge on any atom is -0.478 e. The van der Waals surface area contributed by atoms with Crippen LogP contribution >= 0.6 is 0 Å². The van der Waals surface area contributed by atoms with Crippen molar-refractivity contribution in [3.05, 3.63) is 107 Å². The van der Waals surface area contributed by atoms with E-state index in [1.807, 2.05) is 30.4 Å². The summed E-state index contributed by atoms with van der Waals surface area (Å²) in [5, 5.41) is 8.82. The second kappa shape index (κ2) is 9.38. The molecule has 29 heavy (non-hydrogen) atoms. The van der Waals surface area contributed by atoms with Crippen LogP contribution < -0.4 is 0 Å². The molecule has 2 aromatic rings. The lowest BCUT2D eigenvalue weighted by atomic mass is 9.82. The van der Waals surface area contributed by atoms with E-state index in [1.165, 1.54) is 11.6 Å². The van der Waals surface area contributed by atoms with Gasteiger partial charge in [0.25, 0.3) is 0 Å². The third-order valence-corrected chi connectivity index (χ3v) is 4.78. The molecule has 0 bridgehead atoms. The first-order chi connectivity index (χ1) is 13.6. The predicted molar refractivity (Wildman–Crippen MR) is 124 cm³/mol. The highest BCUT2D eigenvalue weighted by Gasteiger charge is 2.17. The molecule has 150 valence electrons. The Hall–Kier alpha value is -3.13. The number of rotatable bonds is 6. The van der Waals surface area contributed by atoms with Crippen LogP contribution in [0.4, 0.5) is 0 Å². The van der Waals surface area contributed by atoms with Crippen LogP contribution in [0.5, 0.6) is 0 Å². The Kier molecular flexibility index (Phi) is 7.17. The van der Waals surface area contributed by atoms with Crippen molar-refractivity contribution in [2.75, 3.05) is 0 Å². The maximum Gasteiger partial charge on any atom is 0.328 e. The molecule has 0 aliphatic rings. The van der Waals surface area contributed by atoms with Gasteiger partial charge in [-0.1, -0.05) is 88.0 Å². The molecule has 0 saturated carbocycles. The first kappa shape index (κ1) is 22.2. The summed E-state index contributed by atoms with van der Waals surface area (Å²) in [5.74, 6) is -0.935. The van der Waals surface area contributed by atoms with Gasteiger partial charge < -0.3 is 5.11 Å². The molecule has 0 heterocycles. The van der Waals surface area contributed by atoms with Crippen molar-refractivity contribution in [3.8, 4) is 0 Å². The predicted octanol–water partition coefficient (Wildman–Crippen LogP) is 7.04. The average Bonchev–Trinajstić information content (AvgIpc) is 2.66. The molecule has 0 amide bonds. The summed E-state index contributed by atoms with van der Waals surface area (Å²) in [6.45, 7) is 14.8. The third kappa shape index (κ3) is 6.46. The first-order valence-electron chi connectivity index (χ1n) is 9.75. The lowest BCUT2D eigenvalue weighted by Gasteiger charge is -2.22. The van der Waals surface area contributed by atoms with Gasteiger partial charge in [0.05, 0.1) is 0 Å². The highest BCUT2D eigenvalue weighted by Crippen LogP contribution is 2.31. The minimum atomic E-state index is -0.935. The van der Waals surface area contributed by atoms with E-state index < -0.39 is 5.97 Å². The Morgan fingerprint density at radius 3 is 2.17 bits per heavy atom. The summed E-state index contributed by atoms with van der Waals surface area (Å²) in [6.07, 6.45) is 6.90. The second-order valence-electron chi connectivity index (χ2n) is 8.33. The van der Waals surface area contributed by atoms with Gasteiger partial charge in [-0.05, 0) is 64.3 Å². The lowest BCUT2D eigenvalue weighted by Crippen LogP contribution is -2.12. The molecule has 0 fully saturated rings. The highest BCUT2D eigenvalue weighted by atomic mass is 16.4. The van der Waals surface area contributed by atoms with Gasteiger partial charge in [-0.25, -0.2) is 4.79 Å². The maximum atomic E-state index is 10.7. The van der Waals surface area contributed by atoms with E-state index in [2.05, 4.69) is 64.6 Å². The summed E-state index contributed by atoms with van der Waals surface area (Å²) in [6, 6.07) is 16.8. The van der Waals surface area contributed by atoms with Crippen LogP contribution in [0.1, 0.15) is 56.9 Å². The SMILES string of the molecule is C=C(c1ccccc1)c1cc(\C(C)=C/C=C/C(C)=C/C(=O)O)cc(C(C)(C)C)c1. The summed E-state index contributed by atoms with van der Waals surface area (Å²) >= 11 is 0. The Balaban J connectivity index is 2.46. The fourth-order valence-corrected chi connectivity index (χ4v) is 2.95. The van der Waals surface area contributed by atoms with Crippen LogP contribution in [0, 0.1) is 0 Å². The molecular formula is C27H30O2. The second-order valence-corrected chi connectivity index (χ2v) is 8.33. The molecule has 0 atom stereocenters. The molecule has 1 N–H and O–H groups in total. The zero-order valence-electron chi connectivity index (χ0n) is 18.0. The fraction of sp³-hybridized carbons (Fsp3) is 0.222. The van der Waals surface area contributed by atoms with Crippen LogP contribution in [0.15, 0.2) is 85.0 Å². The molecule has 2 nitrogen and oxygen atoms in total. The number of aliphatic carboxylic acids is 1. The Morgan fingerprint density at radius 1 is 0.966 bits per heavy atom. The minimum absolute atomic E-state index is 0.0126. The van der Waals surface area contributed by atoms with Crippen LogP contribution in [0.25, 0.3) is 11.1 Å². The van der Waals surface area contributed by atoms with Crippen LogP contribution in [-0.2, 0) is 10.2 Å². The summed E-state index contributed by atoms with van der Waals surface area (Å²) in [5.41, 5.74) is 7.42. The van der Waals surface area contributed by atoms with Crippen LogP contribution in [0.3, 0.4) is 0 Å². The van der Waals surface area contributed by atoms with Crippen molar-refractivity contribution in [1.82, 2.24) is 0 Å². The normalized spacial score (nSPS) is 13.0. The van der Waals surface area contributed by atoms with Gasteiger partial charge in [-0.15, -0.1) is 0 Å². The first-order valence-corrected chi connectivity index (χ1v) is 9.75. The molecule has 2 rings (SSSR count). The number of carboxylic acid groups (broad SMARTS) is 1. The van der Waals surface area contributed by atoms with Crippen LogP contribution in [-0.4, -0.2) is 11.1 Å². The summed E-state index contributed by atoms with van der Waals surface area (Å²) in [7, 11) is 0. The quantitative estimate of drug-likeness (QED) is 0.427. The summed E-state index contributed by atoms with van der Waals surface area (Å²) < 4.78 is 0. The molecule has 0 radical (unpaired) electrons. The molecule has 0 spiro atoms. The van der Waals surface area contributed by atoms with Gasteiger partial charge in [-0.3, -0.25) is 0 Å². The number of allylic oxidation sites excluding steroid dienone is 5. The van der Waals surface area contributed by atoms with E-state index >= 15 is 0 Å². The van der Waals surface area contributed by atoms with Gasteiger partial charge in [0, 0.05) is 6.08 Å². The summed E-state index contributed by atoms with van der Waals surface area (Å²) in [4.78, 5) is 10.7. The topological polar surface area (TPSA) is 37.3 Å². The average molecular weight is 387 g/mol. The molecule has 0 aromatic heterocycles. The highest BCUT2D eigenvalue weighted by molar-refractivity contribution is 5.82. The fourth-order valence-electron chi connectivity index (χ4n) is 2.95. The molecule has 0 aliphatic carbocycles. The molecule has 2 heteroatoms. The third-order valence-electron chi connectivity index (χ3n) is 4.78. The van der Waals surface area contributed by atoms with Crippen molar-refractivity contribution in [2.24, 2.45) is 0 Å². The molecule has 0 saturated heterocycles. The Labute approximate surface area is 174 Å². The lowest BCUT2D eigenvalue weighted by molar-refractivity contribution is -0.131. The van der Waals surface area contributed by atoms with Gasteiger partial charge in [0.15, 0.2) is 0 Å². The Morgan fingerprint density at radius 2 is 1.59 bits per heavy atom. The number of benzene rings is 2. The Bertz CT molecular complexity index is 981. The van der Waals surface area contributed by atoms with E-state index in [4.69, 9.17) is 5.11 Å². The standard InChI is InChI=1S/C27H30O2/c1-19(15-26(28)29)11-10-12-20(2)23-16-24(18-25(17-23)27(4,5)6)21(3)22-13-8-7-9-14-22/h7-18H,3H2,1-2,4-6H3,(H,28,29)/b11-10+,19-15+,20-12-. The van der Waals surface area contributed by atoms with E-state index in [9.17, 15) is 4.79 Å². The van der Waals surface area contributed by atoms with Gasteiger partial charge in [-0.2, -0.15) is 0 Å². The van der Waals surface area contributed by atoms with Crippen molar-refractivity contribution in [3.63, 3.8) is 0 Å². The van der Waals surface area contributed by atoms with Crippen molar-refractivity contribution in [1.29, 1.82) is 0 Å². The van der Waals surface area contributed by atoms with Crippen molar-refractivity contribution < 1.29 is 9.90 Å². The number of hydrogen-bond acceptors (Lipinski definition) is 1. The molecule has 2 aromatic carbocycles. The molecule has 0 unspecified atom stereocenters. The number of carboxylic acids is 1. The van der Waals surface area contributed by atoms with E-state index in [-0.39, 0.29) is 5.41 Å². The van der Waals surface area contributed by atoms with E-state index in [1.54, 1.807) is 13.0 Å². The van der Waals surface area contributed by atoms with E-state index in [0.717, 1.165) is 27.8 Å². The van der Waals surface area contributed by atoms with Gasteiger partial charge in [0.2, 0.25) is 0 Å². The number of hydrogen-bond donors (Lipinski definition) is 1. The van der Waals surface area contributed by atoms with Crippen molar-refractivity contribution in [2.45, 2.75) is 40.0 Å². The van der Waals surface area contributed by atoms with Crippen molar-refractivity contribution >= 4 is 17.1 Å². The smallest absolute Gasteiger partial charge is 0.328 e. The maximum absolute atomic E-state index is 10.7. The zero-order chi connectivity index (χ0) is 21.6. The van der Waals surface area contributed by atoms with Gasteiger partial charge in [0.1, 0.15) is 0 Å². The zero-order valence-corrected chi connectivity index (χ0v) is 18.0. The molecular weight excluding hydrogens is 356 g/mol. The largest absolute Gasteiger partial charge is 0.478 e. The van der Waals surface area contributed by atoms with E-state index in [0.29, 0.717) is 5.57 Å². The number of carbonyl (C=O) groups is 1. The van der Waals surface area contributed by atoms with Gasteiger partial charge >= 0.3 is 5.97 Å². The monoisotopic (exact) mass is 386 g/mol.